The van der Waals surface area contributed by atoms with E-state index in [4.69, 9.17) is 28.9 Å². The minimum absolute atomic E-state index is 0.0442. The van der Waals surface area contributed by atoms with Gasteiger partial charge in [-0.2, -0.15) is 5.26 Å². The lowest BCUT2D eigenvalue weighted by Crippen LogP contribution is -2.56. The number of hydrogen-bond donors (Lipinski definition) is 4. The van der Waals surface area contributed by atoms with Crippen LogP contribution in [0.4, 0.5) is 8.78 Å². The van der Waals surface area contributed by atoms with Crippen molar-refractivity contribution in [3.8, 4) is 6.07 Å². The molecule has 1 amide bonds. The number of amides is 1. The number of likely N-dealkylation sites (tertiary alicyclic amines) is 1. The maximum Gasteiger partial charge on any atom is 0.321 e. The number of rotatable bonds is 10. The molecular weight excluding hydrogens is 615 g/mol. The summed E-state index contributed by atoms with van der Waals surface area (Å²) in [5.41, 5.74) is 0.317. The van der Waals surface area contributed by atoms with Crippen LogP contribution in [0.25, 0.3) is 0 Å². The number of β-amino-alcohol motifs (C(OH)–C–C–N with tert-alkyl or cyclic N) is 1. The molecule has 2 aromatic carbocycles. The van der Waals surface area contributed by atoms with E-state index in [1.165, 1.54) is 42.2 Å². The lowest BCUT2D eigenvalue weighted by molar-refractivity contribution is -0.148. The maximum absolute atomic E-state index is 16.1. The normalized spacial score (nSPS) is 27.3. The van der Waals surface area contributed by atoms with Gasteiger partial charge < -0.3 is 21.1 Å². The highest BCUT2D eigenvalue weighted by Gasteiger charge is 2.66. The number of carbonyl (C=O) groups is 2. The Morgan fingerprint density at radius 1 is 1.20 bits per heavy atom. The maximum atomic E-state index is 16.1. The molecule has 0 bridgehead atoms. The first-order valence-corrected chi connectivity index (χ1v) is 15.3. The molecule has 2 aromatic rings. The fourth-order valence-electron chi connectivity index (χ4n) is 7.39. The topological polar surface area (TPSA) is 148 Å². The van der Waals surface area contributed by atoms with Crippen LogP contribution in [-0.4, -0.2) is 62.4 Å². The van der Waals surface area contributed by atoms with Gasteiger partial charge >= 0.3 is 5.97 Å². The number of nitrogens with zero attached hydrogens (tertiary/aromatic N) is 2. The molecule has 2 fully saturated rings. The van der Waals surface area contributed by atoms with Crippen LogP contribution >= 0.6 is 23.2 Å². The highest BCUT2D eigenvalue weighted by Crippen LogP contribution is 2.58. The summed E-state index contributed by atoms with van der Waals surface area (Å²) < 4.78 is 32.0. The second-order valence-electron chi connectivity index (χ2n) is 12.8. The standard InChI is InChI=1S/C32H37Cl2F2N3O5/c1-30(11-4-3-5-12-30)15-23-32(16-37,20-10-9-18(33)13-22(20)35)26(19-7-6-8-21(34)27(19)36)28(29(42)43)39(23)17-31(2,44)24(40)14-25(38)41/h6-10,13,23-24,26,28,40,44H,3-5,11-12,14-15,17H2,1-2H3,(H2,38,41)(H,42,43)/t23-,24?,26-,28+,31?,32-/m0/s1. The van der Waals surface area contributed by atoms with Gasteiger partial charge in [0.2, 0.25) is 5.91 Å². The van der Waals surface area contributed by atoms with Crippen molar-refractivity contribution in [2.24, 2.45) is 11.1 Å². The lowest BCUT2D eigenvalue weighted by atomic mass is 9.61. The summed E-state index contributed by atoms with van der Waals surface area (Å²) in [5, 5.41) is 44.0. The van der Waals surface area contributed by atoms with E-state index < -0.39 is 77.0 Å². The fraction of sp³-hybridized carbons (Fsp3) is 0.531. The number of primary amides is 1. The summed E-state index contributed by atoms with van der Waals surface area (Å²) in [7, 11) is 0. The Hall–Kier alpha value is -2.81. The van der Waals surface area contributed by atoms with Crippen molar-refractivity contribution in [2.75, 3.05) is 6.54 Å². The van der Waals surface area contributed by atoms with Crippen molar-refractivity contribution in [3.63, 3.8) is 0 Å². The Kier molecular flexibility index (Phi) is 9.98. The fourth-order valence-corrected chi connectivity index (χ4v) is 7.73. The molecular formula is C32H37Cl2F2N3O5. The monoisotopic (exact) mass is 651 g/mol. The summed E-state index contributed by atoms with van der Waals surface area (Å²) in [6.45, 7) is 2.69. The first kappa shape index (κ1) is 34.1. The van der Waals surface area contributed by atoms with Crippen molar-refractivity contribution >= 4 is 35.1 Å². The van der Waals surface area contributed by atoms with Crippen molar-refractivity contribution < 1.29 is 33.7 Å². The average Bonchev–Trinajstić information content (AvgIpc) is 3.19. The number of nitrogens with two attached hydrogens (primary N) is 1. The van der Waals surface area contributed by atoms with Crippen LogP contribution in [-0.2, 0) is 15.0 Å². The third-order valence-corrected chi connectivity index (χ3v) is 10.1. The Balaban J connectivity index is 2.07. The van der Waals surface area contributed by atoms with Gasteiger partial charge in [-0.25, -0.2) is 8.78 Å². The van der Waals surface area contributed by atoms with Crippen LogP contribution in [0.5, 0.6) is 0 Å². The highest BCUT2D eigenvalue weighted by atomic mass is 35.5. The van der Waals surface area contributed by atoms with E-state index in [0.717, 1.165) is 38.2 Å². The molecule has 6 atom stereocenters. The summed E-state index contributed by atoms with van der Waals surface area (Å²) in [6, 6.07) is 7.20. The smallest absolute Gasteiger partial charge is 0.321 e. The quantitative estimate of drug-likeness (QED) is 0.272. The molecule has 4 rings (SSSR count). The Labute approximate surface area is 265 Å². The summed E-state index contributed by atoms with van der Waals surface area (Å²) in [5.74, 6) is -5.71. The molecule has 238 valence electrons. The summed E-state index contributed by atoms with van der Waals surface area (Å²) >= 11 is 12.3. The van der Waals surface area contributed by atoms with Gasteiger partial charge in [-0.3, -0.25) is 14.5 Å². The highest BCUT2D eigenvalue weighted by molar-refractivity contribution is 6.31. The van der Waals surface area contributed by atoms with Crippen LogP contribution in [0.15, 0.2) is 36.4 Å². The third-order valence-electron chi connectivity index (χ3n) is 9.58. The second-order valence-corrected chi connectivity index (χ2v) is 13.7. The molecule has 8 nitrogen and oxygen atoms in total. The molecule has 0 aromatic heterocycles. The third kappa shape index (κ3) is 6.31. The molecule has 2 aliphatic rings. The number of aliphatic hydroxyl groups is 2. The molecule has 1 heterocycles. The molecule has 0 spiro atoms. The number of aliphatic carboxylic acids is 1. The average molecular weight is 653 g/mol. The summed E-state index contributed by atoms with van der Waals surface area (Å²) in [4.78, 5) is 26.3. The molecule has 2 unspecified atom stereocenters. The van der Waals surface area contributed by atoms with Gasteiger partial charge in [0.15, 0.2) is 0 Å². The molecule has 1 saturated carbocycles. The number of carboxylic acid groups (broad SMARTS) is 1. The predicted molar refractivity (Wildman–Crippen MR) is 161 cm³/mol. The van der Waals surface area contributed by atoms with E-state index in [-0.39, 0.29) is 27.6 Å². The minimum Gasteiger partial charge on any atom is -0.480 e. The molecule has 0 radical (unpaired) electrons. The van der Waals surface area contributed by atoms with E-state index in [2.05, 4.69) is 6.07 Å². The van der Waals surface area contributed by atoms with Crippen molar-refractivity contribution in [1.29, 1.82) is 5.26 Å². The van der Waals surface area contributed by atoms with Gasteiger partial charge in [-0.05, 0) is 55.4 Å². The predicted octanol–water partition coefficient (Wildman–Crippen LogP) is 5.30. The van der Waals surface area contributed by atoms with Crippen LogP contribution in [0.3, 0.4) is 0 Å². The van der Waals surface area contributed by atoms with E-state index in [9.17, 15) is 30.2 Å². The van der Waals surface area contributed by atoms with E-state index >= 15 is 8.78 Å². The Morgan fingerprint density at radius 2 is 1.86 bits per heavy atom. The molecule has 12 heteroatoms. The Morgan fingerprint density at radius 3 is 2.43 bits per heavy atom. The number of nitriles is 1. The zero-order valence-electron chi connectivity index (χ0n) is 24.6. The molecule has 1 aliphatic carbocycles. The second kappa shape index (κ2) is 12.9. The van der Waals surface area contributed by atoms with Crippen LogP contribution < -0.4 is 5.73 Å². The number of aliphatic hydroxyl groups excluding tert-OH is 1. The van der Waals surface area contributed by atoms with Crippen LogP contribution in [0.2, 0.25) is 10.0 Å². The van der Waals surface area contributed by atoms with Gasteiger partial charge in [0, 0.05) is 29.1 Å². The van der Waals surface area contributed by atoms with Gasteiger partial charge in [0.1, 0.15) is 28.7 Å². The van der Waals surface area contributed by atoms with E-state index in [1.54, 1.807) is 0 Å². The van der Waals surface area contributed by atoms with Gasteiger partial charge in [0.05, 0.1) is 23.6 Å². The van der Waals surface area contributed by atoms with Gasteiger partial charge in [0.25, 0.3) is 0 Å². The molecule has 1 saturated heterocycles. The molecule has 1 aliphatic heterocycles. The zero-order chi connectivity index (χ0) is 32.6. The van der Waals surface area contributed by atoms with Gasteiger partial charge in [-0.15, -0.1) is 0 Å². The van der Waals surface area contributed by atoms with Crippen molar-refractivity contribution in [3.05, 3.63) is 69.2 Å². The molecule has 5 N–H and O–H groups in total. The number of carboxylic acids is 1. The van der Waals surface area contributed by atoms with Crippen LogP contribution in [0, 0.1) is 28.4 Å². The van der Waals surface area contributed by atoms with Crippen molar-refractivity contribution in [2.45, 2.75) is 93.9 Å². The summed E-state index contributed by atoms with van der Waals surface area (Å²) in [6.07, 6.45) is 2.14. The number of halogens is 4. The van der Waals surface area contributed by atoms with Crippen LogP contribution in [0.1, 0.15) is 75.8 Å². The SMILES string of the molecule is CC1(C[C@@H]2N(CC(C)(O)C(O)CC(N)=O)[C@@H](C(=O)O)[C@H](c3cccc(Cl)c3F)[C@@]2(C#N)c2ccc(Cl)cc2F)CCCCC1. The molecule has 44 heavy (non-hydrogen) atoms. The minimum atomic E-state index is -2.12. The van der Waals surface area contributed by atoms with E-state index in [1.807, 2.05) is 6.92 Å². The number of carbonyl (C=O) groups excluding carboxylic acids is 1. The Bertz CT molecular complexity index is 1460. The zero-order valence-corrected chi connectivity index (χ0v) is 26.1. The van der Waals surface area contributed by atoms with Gasteiger partial charge in [-0.1, -0.05) is 67.6 Å². The van der Waals surface area contributed by atoms with E-state index in [0.29, 0.717) is 0 Å². The first-order chi connectivity index (χ1) is 20.6. The number of benzene rings is 2. The largest absolute Gasteiger partial charge is 0.480 e. The van der Waals surface area contributed by atoms with Crippen molar-refractivity contribution in [1.82, 2.24) is 4.90 Å². The number of hydrogen-bond acceptors (Lipinski definition) is 6. The lowest BCUT2D eigenvalue weighted by Gasteiger charge is -2.44. The first-order valence-electron chi connectivity index (χ1n) is 14.6.